The first kappa shape index (κ1) is 19.0. The van der Waals surface area contributed by atoms with Crippen LogP contribution in [0.2, 0.25) is 0 Å². The van der Waals surface area contributed by atoms with Gasteiger partial charge in [0, 0.05) is 37.2 Å². The van der Waals surface area contributed by atoms with Crippen molar-refractivity contribution in [3.05, 3.63) is 54.6 Å². The topological polar surface area (TPSA) is 52.7 Å². The van der Waals surface area contributed by atoms with Crippen LogP contribution in [0.1, 0.15) is 26.7 Å². The lowest BCUT2D eigenvalue weighted by Gasteiger charge is -2.28. The van der Waals surface area contributed by atoms with Crippen LogP contribution < -0.4 is 15.1 Å². The Morgan fingerprint density at radius 1 is 0.963 bits per heavy atom. The van der Waals surface area contributed by atoms with Gasteiger partial charge in [0.25, 0.3) is 0 Å². The van der Waals surface area contributed by atoms with E-state index in [0.717, 1.165) is 18.8 Å². The second-order valence-corrected chi connectivity index (χ2v) is 7.52. The van der Waals surface area contributed by atoms with Crippen LogP contribution in [0.25, 0.3) is 0 Å². The summed E-state index contributed by atoms with van der Waals surface area (Å²) < 4.78 is 0. The summed E-state index contributed by atoms with van der Waals surface area (Å²) in [6.07, 6.45) is 2.45. The van der Waals surface area contributed by atoms with E-state index in [1.807, 2.05) is 54.6 Å². The Balaban J connectivity index is 1.67. The molecular formula is C22H27N3O2. The van der Waals surface area contributed by atoms with Gasteiger partial charge in [-0.2, -0.15) is 0 Å². The lowest BCUT2D eigenvalue weighted by molar-refractivity contribution is -0.136. The van der Waals surface area contributed by atoms with Gasteiger partial charge in [0.15, 0.2) is 0 Å². The number of amides is 2. The fourth-order valence-electron chi connectivity index (χ4n) is 3.30. The van der Waals surface area contributed by atoms with Crippen molar-refractivity contribution in [2.24, 2.45) is 5.41 Å². The highest BCUT2D eigenvalue weighted by Gasteiger charge is 2.38. The number of benzene rings is 2. The summed E-state index contributed by atoms with van der Waals surface area (Å²) >= 11 is 0. The highest BCUT2D eigenvalue weighted by molar-refractivity contribution is 6.14. The van der Waals surface area contributed by atoms with Crippen molar-refractivity contribution < 1.29 is 9.59 Å². The molecule has 0 radical (unpaired) electrons. The minimum Gasteiger partial charge on any atom is -0.372 e. The molecule has 0 aromatic heterocycles. The van der Waals surface area contributed by atoms with Crippen molar-refractivity contribution in [3.8, 4) is 0 Å². The Kier molecular flexibility index (Phi) is 5.49. The molecule has 0 unspecified atom stereocenters. The van der Waals surface area contributed by atoms with E-state index in [9.17, 15) is 9.59 Å². The van der Waals surface area contributed by atoms with Crippen LogP contribution in [0.15, 0.2) is 54.6 Å². The first-order valence-corrected chi connectivity index (χ1v) is 9.39. The Labute approximate surface area is 161 Å². The van der Waals surface area contributed by atoms with E-state index >= 15 is 0 Å². The number of hydrogen-bond acceptors (Lipinski definition) is 3. The van der Waals surface area contributed by atoms with Gasteiger partial charge >= 0.3 is 0 Å². The van der Waals surface area contributed by atoms with Gasteiger partial charge in [-0.1, -0.05) is 18.2 Å². The molecule has 3 rings (SSSR count). The molecule has 2 aromatic rings. The normalized spacial score (nSPS) is 14.1. The Morgan fingerprint density at radius 3 is 2.15 bits per heavy atom. The van der Waals surface area contributed by atoms with Crippen LogP contribution in [0.4, 0.5) is 17.1 Å². The standard InChI is InChI=1S/C22H27N3O2/c1-22(2,21(27)24(3)18-9-5-4-6-10-18)20(26)23-17-11-13-19(14-12-17)25-15-7-8-16-25/h4-6,9-14H,7-8,15-16H2,1-3H3,(H,23,26). The summed E-state index contributed by atoms with van der Waals surface area (Å²) in [6.45, 7) is 5.48. The van der Waals surface area contributed by atoms with E-state index in [-0.39, 0.29) is 11.8 Å². The molecule has 1 N–H and O–H groups in total. The molecule has 27 heavy (non-hydrogen) atoms. The number of nitrogens with zero attached hydrogens (tertiary/aromatic N) is 2. The van der Waals surface area contributed by atoms with E-state index in [0.29, 0.717) is 5.69 Å². The largest absolute Gasteiger partial charge is 0.372 e. The second-order valence-electron chi connectivity index (χ2n) is 7.52. The maximum atomic E-state index is 12.9. The van der Waals surface area contributed by atoms with E-state index < -0.39 is 5.41 Å². The molecule has 2 amide bonds. The zero-order chi connectivity index (χ0) is 19.4. The van der Waals surface area contributed by atoms with Crippen LogP contribution >= 0.6 is 0 Å². The Morgan fingerprint density at radius 2 is 1.56 bits per heavy atom. The van der Waals surface area contributed by atoms with Gasteiger partial charge in [0.05, 0.1) is 0 Å². The van der Waals surface area contributed by atoms with Crippen molar-refractivity contribution in [1.29, 1.82) is 0 Å². The number of anilines is 3. The van der Waals surface area contributed by atoms with Gasteiger partial charge in [0.2, 0.25) is 11.8 Å². The summed E-state index contributed by atoms with van der Waals surface area (Å²) in [4.78, 5) is 29.5. The van der Waals surface area contributed by atoms with Crippen molar-refractivity contribution in [1.82, 2.24) is 0 Å². The summed E-state index contributed by atoms with van der Waals surface area (Å²) in [6, 6.07) is 17.2. The molecular weight excluding hydrogens is 338 g/mol. The average Bonchev–Trinajstić information content (AvgIpc) is 3.22. The SMILES string of the molecule is CN(C(=O)C(C)(C)C(=O)Nc1ccc(N2CCCC2)cc1)c1ccccc1. The molecule has 0 aliphatic carbocycles. The fourth-order valence-corrected chi connectivity index (χ4v) is 3.30. The molecule has 5 heteroatoms. The third-order valence-corrected chi connectivity index (χ3v) is 5.15. The van der Waals surface area contributed by atoms with Crippen molar-refractivity contribution >= 4 is 28.9 Å². The highest BCUT2D eigenvalue weighted by Crippen LogP contribution is 2.26. The van der Waals surface area contributed by atoms with E-state index in [4.69, 9.17) is 0 Å². The van der Waals surface area contributed by atoms with Crippen LogP contribution in [0.3, 0.4) is 0 Å². The van der Waals surface area contributed by atoms with Gasteiger partial charge < -0.3 is 15.1 Å². The average molecular weight is 365 g/mol. The smallest absolute Gasteiger partial charge is 0.241 e. The van der Waals surface area contributed by atoms with Gasteiger partial charge in [-0.3, -0.25) is 9.59 Å². The maximum absolute atomic E-state index is 12.9. The zero-order valence-electron chi connectivity index (χ0n) is 16.2. The van der Waals surface area contributed by atoms with Crippen molar-refractivity contribution in [2.45, 2.75) is 26.7 Å². The molecule has 0 bridgehead atoms. The molecule has 142 valence electrons. The van der Waals surface area contributed by atoms with Gasteiger partial charge in [-0.15, -0.1) is 0 Å². The predicted octanol–water partition coefficient (Wildman–Crippen LogP) is 3.91. The minimum atomic E-state index is -1.18. The first-order valence-electron chi connectivity index (χ1n) is 9.39. The van der Waals surface area contributed by atoms with Crippen molar-refractivity contribution in [3.63, 3.8) is 0 Å². The molecule has 5 nitrogen and oxygen atoms in total. The second kappa shape index (κ2) is 7.82. The number of carbonyl (C=O) groups excluding carboxylic acids is 2. The molecule has 2 aromatic carbocycles. The number of carbonyl (C=O) groups is 2. The third-order valence-electron chi connectivity index (χ3n) is 5.15. The van der Waals surface area contributed by atoms with Crippen molar-refractivity contribution in [2.75, 3.05) is 35.3 Å². The molecule has 0 saturated carbocycles. The first-order chi connectivity index (χ1) is 12.9. The van der Waals surface area contributed by atoms with Crippen LogP contribution in [0.5, 0.6) is 0 Å². The number of hydrogen-bond donors (Lipinski definition) is 1. The highest BCUT2D eigenvalue weighted by atomic mass is 16.2. The fraction of sp³-hybridized carbons (Fsp3) is 0.364. The Bertz CT molecular complexity index is 794. The van der Waals surface area contributed by atoms with E-state index in [1.54, 1.807) is 20.9 Å². The van der Waals surface area contributed by atoms with E-state index in [2.05, 4.69) is 10.2 Å². The summed E-state index contributed by atoms with van der Waals surface area (Å²) in [5.74, 6) is -0.566. The number of nitrogens with one attached hydrogen (secondary N) is 1. The van der Waals surface area contributed by atoms with Gasteiger partial charge in [-0.25, -0.2) is 0 Å². The zero-order valence-corrected chi connectivity index (χ0v) is 16.2. The summed E-state index contributed by atoms with van der Waals surface area (Å²) in [5, 5.41) is 2.88. The van der Waals surface area contributed by atoms with Gasteiger partial charge in [0.1, 0.15) is 5.41 Å². The monoisotopic (exact) mass is 365 g/mol. The third kappa shape index (κ3) is 4.13. The number of para-hydroxylation sites is 1. The lowest BCUT2D eigenvalue weighted by atomic mass is 9.90. The lowest BCUT2D eigenvalue weighted by Crippen LogP contribution is -2.46. The molecule has 0 atom stereocenters. The molecule has 1 aliphatic rings. The molecule has 1 heterocycles. The van der Waals surface area contributed by atoms with E-state index in [1.165, 1.54) is 23.4 Å². The quantitative estimate of drug-likeness (QED) is 0.817. The minimum absolute atomic E-state index is 0.250. The predicted molar refractivity (Wildman–Crippen MR) is 110 cm³/mol. The number of rotatable bonds is 5. The van der Waals surface area contributed by atoms with Gasteiger partial charge in [-0.05, 0) is 63.1 Å². The Hall–Kier alpha value is -2.82. The molecule has 0 spiro atoms. The van der Waals surface area contributed by atoms with Crippen LogP contribution in [0, 0.1) is 5.41 Å². The molecule has 1 aliphatic heterocycles. The van der Waals surface area contributed by atoms with Crippen LogP contribution in [-0.2, 0) is 9.59 Å². The summed E-state index contributed by atoms with van der Waals surface area (Å²) in [5.41, 5.74) is 1.45. The summed E-state index contributed by atoms with van der Waals surface area (Å²) in [7, 11) is 1.69. The maximum Gasteiger partial charge on any atom is 0.241 e. The van der Waals surface area contributed by atoms with Crippen LogP contribution in [-0.4, -0.2) is 32.0 Å². The molecule has 1 saturated heterocycles. The molecule has 1 fully saturated rings.